The molecule has 0 aromatic rings. The molecule has 0 heterocycles. The van der Waals surface area contributed by atoms with E-state index in [1.54, 1.807) is 0 Å². The van der Waals surface area contributed by atoms with Gasteiger partial charge in [-0.3, -0.25) is 4.79 Å². The highest BCUT2D eigenvalue weighted by atomic mass is 16.4. The van der Waals surface area contributed by atoms with Gasteiger partial charge >= 0.3 is 5.97 Å². The number of rotatable bonds is 7. The fourth-order valence-corrected chi connectivity index (χ4v) is 3.49. The van der Waals surface area contributed by atoms with Crippen molar-refractivity contribution in [1.82, 2.24) is 10.2 Å². The maximum atomic E-state index is 11.7. The fourth-order valence-electron chi connectivity index (χ4n) is 3.49. The topological polar surface area (TPSA) is 52.6 Å². The molecule has 4 heteroatoms. The van der Waals surface area contributed by atoms with Crippen molar-refractivity contribution in [3.63, 3.8) is 0 Å². The van der Waals surface area contributed by atoms with Gasteiger partial charge in [-0.1, -0.05) is 13.8 Å². The Morgan fingerprint density at radius 2 is 2.11 bits per heavy atom. The first kappa shape index (κ1) is 14.8. The lowest BCUT2D eigenvalue weighted by atomic mass is 9.78. The molecule has 2 aliphatic rings. The van der Waals surface area contributed by atoms with Crippen LogP contribution in [-0.4, -0.2) is 47.2 Å². The molecule has 0 bridgehead atoms. The van der Waals surface area contributed by atoms with Crippen molar-refractivity contribution < 1.29 is 9.90 Å². The lowest BCUT2D eigenvalue weighted by Gasteiger charge is -2.42. The molecule has 2 fully saturated rings. The van der Waals surface area contributed by atoms with Gasteiger partial charge in [0, 0.05) is 12.6 Å². The Hall–Kier alpha value is -0.610. The summed E-state index contributed by atoms with van der Waals surface area (Å²) in [6, 6.07) is 0.439. The summed E-state index contributed by atoms with van der Waals surface area (Å²) in [7, 11) is 0. The van der Waals surface area contributed by atoms with E-state index < -0.39 is 11.5 Å². The number of hydrogen-bond donors (Lipinski definition) is 2. The van der Waals surface area contributed by atoms with Crippen LogP contribution in [0.25, 0.3) is 0 Å². The van der Waals surface area contributed by atoms with Crippen LogP contribution in [0.15, 0.2) is 0 Å². The Kier molecular flexibility index (Phi) is 4.85. The van der Waals surface area contributed by atoms with Crippen molar-refractivity contribution in [2.45, 2.75) is 64.0 Å². The van der Waals surface area contributed by atoms with E-state index in [0.717, 1.165) is 44.7 Å². The molecule has 2 saturated carbocycles. The quantitative estimate of drug-likeness (QED) is 0.742. The number of hydrogen-bond acceptors (Lipinski definition) is 3. The van der Waals surface area contributed by atoms with E-state index in [2.05, 4.69) is 17.1 Å². The number of nitrogens with one attached hydrogen (secondary N) is 1. The highest BCUT2D eigenvalue weighted by Gasteiger charge is 2.44. The predicted octanol–water partition coefficient (Wildman–Crippen LogP) is 2.09. The first-order valence-electron chi connectivity index (χ1n) is 7.83. The van der Waals surface area contributed by atoms with Gasteiger partial charge in [-0.05, 0) is 57.5 Å². The van der Waals surface area contributed by atoms with Crippen molar-refractivity contribution in [3.8, 4) is 0 Å². The second kappa shape index (κ2) is 6.23. The Balaban J connectivity index is 2.02. The summed E-state index contributed by atoms with van der Waals surface area (Å²) >= 11 is 0. The fraction of sp³-hybridized carbons (Fsp3) is 0.933. The zero-order valence-electron chi connectivity index (χ0n) is 12.3. The molecule has 2 atom stereocenters. The minimum Gasteiger partial charge on any atom is -0.480 e. The number of carbonyl (C=O) groups is 1. The van der Waals surface area contributed by atoms with Crippen molar-refractivity contribution in [3.05, 3.63) is 0 Å². The van der Waals surface area contributed by atoms with Crippen LogP contribution in [-0.2, 0) is 4.79 Å². The van der Waals surface area contributed by atoms with Crippen LogP contribution >= 0.6 is 0 Å². The summed E-state index contributed by atoms with van der Waals surface area (Å²) < 4.78 is 0. The summed E-state index contributed by atoms with van der Waals surface area (Å²) in [5.74, 6) is 0.210. The highest BCUT2D eigenvalue weighted by Crippen LogP contribution is 2.35. The Labute approximate surface area is 116 Å². The van der Waals surface area contributed by atoms with Gasteiger partial charge in [-0.15, -0.1) is 0 Å². The van der Waals surface area contributed by atoms with Crippen LogP contribution in [0.5, 0.6) is 0 Å². The third-order valence-corrected chi connectivity index (χ3v) is 4.76. The zero-order valence-corrected chi connectivity index (χ0v) is 12.3. The van der Waals surface area contributed by atoms with E-state index in [0.29, 0.717) is 6.04 Å². The molecule has 0 spiro atoms. The smallest absolute Gasteiger partial charge is 0.323 e. The van der Waals surface area contributed by atoms with E-state index in [9.17, 15) is 9.90 Å². The average Bonchev–Trinajstić information content (AvgIpc) is 3.20. The van der Waals surface area contributed by atoms with Crippen molar-refractivity contribution in [2.24, 2.45) is 5.92 Å². The maximum absolute atomic E-state index is 11.7. The van der Waals surface area contributed by atoms with E-state index >= 15 is 0 Å². The van der Waals surface area contributed by atoms with Crippen LogP contribution < -0.4 is 5.32 Å². The van der Waals surface area contributed by atoms with Gasteiger partial charge in [0.2, 0.25) is 0 Å². The van der Waals surface area contributed by atoms with Crippen LogP contribution in [0.3, 0.4) is 0 Å². The molecule has 0 aromatic carbocycles. The molecule has 2 rings (SSSR count). The van der Waals surface area contributed by atoms with Crippen molar-refractivity contribution in [1.29, 1.82) is 0 Å². The predicted molar refractivity (Wildman–Crippen MR) is 76.3 cm³/mol. The van der Waals surface area contributed by atoms with Gasteiger partial charge in [0.05, 0.1) is 0 Å². The van der Waals surface area contributed by atoms with Crippen molar-refractivity contribution >= 4 is 5.97 Å². The minimum atomic E-state index is -0.686. The van der Waals surface area contributed by atoms with Gasteiger partial charge in [0.15, 0.2) is 0 Å². The van der Waals surface area contributed by atoms with Gasteiger partial charge in [0.25, 0.3) is 0 Å². The molecule has 0 radical (unpaired) electrons. The second-order valence-electron chi connectivity index (χ2n) is 6.20. The van der Waals surface area contributed by atoms with Gasteiger partial charge in [0.1, 0.15) is 5.54 Å². The molecule has 0 aliphatic heterocycles. The first-order chi connectivity index (χ1) is 9.11. The van der Waals surface area contributed by atoms with Gasteiger partial charge < -0.3 is 15.3 Å². The molecule has 2 N–H and O–H groups in total. The summed E-state index contributed by atoms with van der Waals surface area (Å²) in [6.45, 7) is 7.14. The Morgan fingerprint density at radius 1 is 1.37 bits per heavy atom. The first-order valence-corrected chi connectivity index (χ1v) is 7.83. The van der Waals surface area contributed by atoms with Crippen molar-refractivity contribution in [2.75, 3.05) is 19.6 Å². The number of nitrogens with zero attached hydrogens (tertiary/aromatic N) is 1. The standard InChI is InChI=1S/C15H28N2O2/c1-3-16-15(14(18)19)9-5-6-13(10-15)17(4-2)11-12-7-8-12/h12-13,16H,3-11H2,1-2H3,(H,18,19). The third kappa shape index (κ3) is 3.48. The molecule has 2 unspecified atom stereocenters. The Bertz CT molecular complexity index is 313. The molecule has 19 heavy (non-hydrogen) atoms. The van der Waals surface area contributed by atoms with Gasteiger partial charge in [-0.2, -0.15) is 0 Å². The third-order valence-electron chi connectivity index (χ3n) is 4.76. The maximum Gasteiger partial charge on any atom is 0.323 e. The molecular weight excluding hydrogens is 240 g/mol. The van der Waals surface area contributed by atoms with Gasteiger partial charge in [-0.25, -0.2) is 0 Å². The van der Waals surface area contributed by atoms with Crippen LogP contribution in [0.1, 0.15) is 52.4 Å². The average molecular weight is 268 g/mol. The van der Waals surface area contributed by atoms with E-state index in [1.165, 1.54) is 19.4 Å². The lowest BCUT2D eigenvalue weighted by Crippen LogP contribution is -2.58. The highest BCUT2D eigenvalue weighted by molar-refractivity contribution is 5.79. The summed E-state index contributed by atoms with van der Waals surface area (Å²) in [5.41, 5.74) is -0.686. The van der Waals surface area contributed by atoms with E-state index in [1.807, 2.05) is 6.92 Å². The molecule has 2 aliphatic carbocycles. The molecular formula is C15H28N2O2. The largest absolute Gasteiger partial charge is 0.480 e. The minimum absolute atomic E-state index is 0.439. The molecule has 110 valence electrons. The normalized spacial score (nSPS) is 31.6. The van der Waals surface area contributed by atoms with Crippen LogP contribution in [0.4, 0.5) is 0 Å². The molecule has 0 saturated heterocycles. The number of likely N-dealkylation sites (N-methyl/N-ethyl adjacent to an activating group) is 1. The number of carboxylic acids is 1. The summed E-state index contributed by atoms with van der Waals surface area (Å²) in [5, 5.41) is 12.9. The number of aliphatic carboxylic acids is 1. The number of carboxylic acid groups (broad SMARTS) is 1. The molecule has 0 aromatic heterocycles. The second-order valence-corrected chi connectivity index (χ2v) is 6.20. The summed E-state index contributed by atoms with van der Waals surface area (Å²) in [6.07, 6.45) is 6.43. The summed E-state index contributed by atoms with van der Waals surface area (Å²) in [4.78, 5) is 14.2. The molecule has 0 amide bonds. The Morgan fingerprint density at radius 3 is 2.63 bits per heavy atom. The van der Waals surface area contributed by atoms with Crippen LogP contribution in [0.2, 0.25) is 0 Å². The monoisotopic (exact) mass is 268 g/mol. The zero-order chi connectivity index (χ0) is 13.9. The van der Waals surface area contributed by atoms with E-state index in [4.69, 9.17) is 0 Å². The molecule has 4 nitrogen and oxygen atoms in total. The van der Waals surface area contributed by atoms with E-state index in [-0.39, 0.29) is 0 Å². The van der Waals surface area contributed by atoms with Crippen LogP contribution in [0, 0.1) is 5.92 Å². The lowest BCUT2D eigenvalue weighted by molar-refractivity contribution is -0.147. The SMILES string of the molecule is CCNC1(C(=O)O)CCCC(N(CC)CC2CC2)C1.